The molecule has 8 heteroatoms. The van der Waals surface area contributed by atoms with Crippen LogP contribution >= 0.6 is 11.6 Å². The summed E-state index contributed by atoms with van der Waals surface area (Å²) >= 11 is 6.01. The van der Waals surface area contributed by atoms with Gasteiger partial charge in [-0.2, -0.15) is 0 Å². The van der Waals surface area contributed by atoms with Crippen LogP contribution in [0.15, 0.2) is 88.7 Å². The Bertz CT molecular complexity index is 1410. The molecule has 2 aromatic carbocycles. The highest BCUT2D eigenvalue weighted by molar-refractivity contribution is 6.31. The molecule has 1 amide bonds. The van der Waals surface area contributed by atoms with Crippen molar-refractivity contribution in [2.24, 2.45) is 0 Å². The third-order valence-electron chi connectivity index (χ3n) is 5.21. The van der Waals surface area contributed by atoms with Gasteiger partial charge in [-0.3, -0.25) is 19.5 Å². The highest BCUT2D eigenvalue weighted by Crippen LogP contribution is 2.41. The van der Waals surface area contributed by atoms with E-state index in [0.717, 1.165) is 11.0 Å². The van der Waals surface area contributed by atoms with Crippen LogP contribution in [0, 0.1) is 5.82 Å². The van der Waals surface area contributed by atoms with Gasteiger partial charge in [0, 0.05) is 22.3 Å². The SMILES string of the molecule is O=C(C1=C(O)C(=O)N(c2cccc(F)c2)C1c1ccccn1)c1cc2cc(Cl)ccc2o1. The Balaban J connectivity index is 1.66. The molecular formula is C24H14ClFN2O4. The number of rotatable bonds is 4. The zero-order chi connectivity index (χ0) is 22.4. The Morgan fingerprint density at radius 3 is 2.69 bits per heavy atom. The molecule has 0 saturated carbocycles. The number of furan rings is 1. The quantitative estimate of drug-likeness (QED) is 0.422. The summed E-state index contributed by atoms with van der Waals surface area (Å²) in [5.41, 5.74) is 0.731. The van der Waals surface area contributed by atoms with Crippen molar-refractivity contribution in [3.63, 3.8) is 0 Å². The maximum Gasteiger partial charge on any atom is 0.294 e. The zero-order valence-corrected chi connectivity index (χ0v) is 17.1. The Hall–Kier alpha value is -3.97. The monoisotopic (exact) mass is 448 g/mol. The number of hydrogen-bond donors (Lipinski definition) is 1. The third-order valence-corrected chi connectivity index (χ3v) is 5.44. The number of aliphatic hydroxyl groups is 1. The van der Waals surface area contributed by atoms with Crippen molar-refractivity contribution in [1.29, 1.82) is 0 Å². The Morgan fingerprint density at radius 2 is 1.94 bits per heavy atom. The summed E-state index contributed by atoms with van der Waals surface area (Å²) in [4.78, 5) is 31.9. The minimum Gasteiger partial charge on any atom is -0.503 e. The van der Waals surface area contributed by atoms with Gasteiger partial charge in [-0.15, -0.1) is 0 Å². The van der Waals surface area contributed by atoms with Crippen molar-refractivity contribution >= 4 is 39.9 Å². The molecule has 0 bridgehead atoms. The van der Waals surface area contributed by atoms with Crippen LogP contribution in [0.1, 0.15) is 22.3 Å². The van der Waals surface area contributed by atoms with Crippen molar-refractivity contribution in [2.45, 2.75) is 6.04 Å². The van der Waals surface area contributed by atoms with E-state index >= 15 is 0 Å². The van der Waals surface area contributed by atoms with Crippen LogP contribution in [0.5, 0.6) is 0 Å². The number of halogens is 2. The number of carbonyl (C=O) groups excluding carboxylic acids is 2. The summed E-state index contributed by atoms with van der Waals surface area (Å²) in [5.74, 6) is -2.90. The van der Waals surface area contributed by atoms with E-state index in [9.17, 15) is 19.1 Å². The number of pyridine rings is 1. The second-order valence-corrected chi connectivity index (χ2v) is 7.63. The number of fused-ring (bicyclic) bond motifs is 1. The smallest absolute Gasteiger partial charge is 0.294 e. The van der Waals surface area contributed by atoms with Crippen LogP contribution < -0.4 is 4.90 Å². The first-order valence-corrected chi connectivity index (χ1v) is 9.99. The van der Waals surface area contributed by atoms with Gasteiger partial charge in [0.25, 0.3) is 5.91 Å². The van der Waals surface area contributed by atoms with Gasteiger partial charge in [-0.1, -0.05) is 23.7 Å². The molecule has 0 aliphatic carbocycles. The maximum atomic E-state index is 13.9. The van der Waals surface area contributed by atoms with Crippen LogP contribution in [-0.4, -0.2) is 21.8 Å². The van der Waals surface area contributed by atoms with Crippen molar-refractivity contribution < 1.29 is 23.5 Å². The van der Waals surface area contributed by atoms with Gasteiger partial charge in [-0.05, 0) is 54.6 Å². The molecule has 1 aliphatic rings. The minimum atomic E-state index is -1.07. The topological polar surface area (TPSA) is 83.6 Å². The van der Waals surface area contributed by atoms with Crippen LogP contribution in [0.2, 0.25) is 5.02 Å². The molecule has 0 spiro atoms. The molecule has 1 atom stereocenters. The second kappa shape index (κ2) is 7.62. The van der Waals surface area contributed by atoms with Gasteiger partial charge in [-0.25, -0.2) is 4.39 Å². The molecule has 2 aromatic heterocycles. The molecule has 32 heavy (non-hydrogen) atoms. The first kappa shape index (κ1) is 20.0. The fourth-order valence-electron chi connectivity index (χ4n) is 3.81. The van der Waals surface area contributed by atoms with Crippen molar-refractivity contribution in [3.05, 3.63) is 107 Å². The summed E-state index contributed by atoms with van der Waals surface area (Å²) in [6, 6.07) is 15.6. The van der Waals surface area contributed by atoms with Crippen LogP contribution in [0.4, 0.5) is 10.1 Å². The van der Waals surface area contributed by atoms with Crippen molar-refractivity contribution in [3.8, 4) is 0 Å². The first-order valence-electron chi connectivity index (χ1n) is 9.61. The lowest BCUT2D eigenvalue weighted by Gasteiger charge is -2.25. The average Bonchev–Trinajstić information content (AvgIpc) is 3.32. The first-order chi connectivity index (χ1) is 15.4. The van der Waals surface area contributed by atoms with Crippen LogP contribution in [0.3, 0.4) is 0 Å². The van der Waals surface area contributed by atoms with E-state index in [-0.39, 0.29) is 17.0 Å². The number of benzene rings is 2. The molecule has 1 aliphatic heterocycles. The standard InChI is InChI=1S/C24H14ClFN2O4/c25-14-7-8-18-13(10-14)11-19(32-18)22(29)20-21(17-6-1-2-9-27-17)28(24(31)23(20)30)16-5-3-4-15(26)12-16/h1-12,21,30H. The number of anilines is 1. The predicted octanol–water partition coefficient (Wildman–Crippen LogP) is 5.40. The number of Topliss-reactive ketones (excluding diaryl/α,β-unsaturated/α-hetero) is 1. The summed E-state index contributed by atoms with van der Waals surface area (Å²) < 4.78 is 19.6. The highest BCUT2D eigenvalue weighted by Gasteiger charge is 2.46. The van der Waals surface area contributed by atoms with Gasteiger partial charge < -0.3 is 9.52 Å². The molecule has 158 valence electrons. The maximum absolute atomic E-state index is 13.9. The van der Waals surface area contributed by atoms with E-state index in [4.69, 9.17) is 16.0 Å². The molecule has 6 nitrogen and oxygen atoms in total. The fourth-order valence-corrected chi connectivity index (χ4v) is 3.99. The highest BCUT2D eigenvalue weighted by atomic mass is 35.5. The number of nitrogens with zero attached hydrogens (tertiary/aromatic N) is 2. The molecule has 0 fully saturated rings. The van der Waals surface area contributed by atoms with Gasteiger partial charge >= 0.3 is 0 Å². The Kier molecular flexibility index (Phi) is 4.75. The molecule has 5 rings (SSSR count). The number of amides is 1. The van der Waals surface area contributed by atoms with E-state index in [1.54, 1.807) is 36.4 Å². The summed E-state index contributed by atoms with van der Waals surface area (Å²) in [7, 11) is 0. The molecular weight excluding hydrogens is 435 g/mol. The molecule has 4 aromatic rings. The number of carbonyl (C=O) groups is 2. The number of aromatic nitrogens is 1. The lowest BCUT2D eigenvalue weighted by molar-refractivity contribution is -0.117. The number of hydrogen-bond acceptors (Lipinski definition) is 5. The molecule has 1 N–H and O–H groups in total. The molecule has 3 heterocycles. The van der Waals surface area contributed by atoms with E-state index in [1.807, 2.05) is 0 Å². The zero-order valence-electron chi connectivity index (χ0n) is 16.3. The van der Waals surface area contributed by atoms with Crippen LogP contribution in [-0.2, 0) is 4.79 Å². The molecule has 0 radical (unpaired) electrons. The Morgan fingerprint density at radius 1 is 1.09 bits per heavy atom. The average molecular weight is 449 g/mol. The van der Waals surface area contributed by atoms with Crippen LogP contribution in [0.25, 0.3) is 11.0 Å². The fraction of sp³-hybridized carbons (Fsp3) is 0.0417. The normalized spacial score (nSPS) is 16.2. The second-order valence-electron chi connectivity index (χ2n) is 7.20. The van der Waals surface area contributed by atoms with E-state index in [2.05, 4.69) is 4.98 Å². The van der Waals surface area contributed by atoms with Crippen molar-refractivity contribution in [1.82, 2.24) is 4.98 Å². The van der Waals surface area contributed by atoms with Crippen molar-refractivity contribution in [2.75, 3.05) is 4.90 Å². The van der Waals surface area contributed by atoms with Gasteiger partial charge in [0.05, 0.1) is 11.3 Å². The lowest BCUT2D eigenvalue weighted by atomic mass is 9.98. The largest absolute Gasteiger partial charge is 0.503 e. The molecule has 1 unspecified atom stereocenters. The van der Waals surface area contributed by atoms with E-state index in [1.165, 1.54) is 30.5 Å². The lowest BCUT2D eigenvalue weighted by Crippen LogP contribution is -2.31. The number of ketones is 1. The van der Waals surface area contributed by atoms with Gasteiger partial charge in [0.1, 0.15) is 17.4 Å². The number of aliphatic hydroxyl groups excluding tert-OH is 1. The minimum absolute atomic E-state index is 0.0707. The summed E-state index contributed by atoms with van der Waals surface area (Å²) in [5, 5.41) is 11.8. The summed E-state index contributed by atoms with van der Waals surface area (Å²) in [6.07, 6.45) is 1.50. The van der Waals surface area contributed by atoms with Gasteiger partial charge in [0.15, 0.2) is 11.5 Å². The molecule has 0 saturated heterocycles. The Labute approximate surface area is 186 Å². The van der Waals surface area contributed by atoms with E-state index in [0.29, 0.717) is 21.7 Å². The summed E-state index contributed by atoms with van der Waals surface area (Å²) in [6.45, 7) is 0. The predicted molar refractivity (Wildman–Crippen MR) is 116 cm³/mol. The van der Waals surface area contributed by atoms with Gasteiger partial charge in [0.2, 0.25) is 5.78 Å². The third kappa shape index (κ3) is 3.23. The van der Waals surface area contributed by atoms with E-state index < -0.39 is 29.3 Å².